The van der Waals surface area contributed by atoms with Gasteiger partial charge >= 0.3 is 5.69 Å². The maximum atomic E-state index is 11.1. The van der Waals surface area contributed by atoms with Crippen LogP contribution in [0.15, 0.2) is 10.5 Å². The normalized spacial score (nSPS) is 14.5. The molecule has 1 N–H and O–H groups in total. The molecule has 0 aromatic heterocycles. The predicted octanol–water partition coefficient (Wildman–Crippen LogP) is 3.29. The van der Waals surface area contributed by atoms with E-state index in [1.807, 2.05) is 6.07 Å². The maximum absolute atomic E-state index is 11.1. The Kier molecular flexibility index (Phi) is 3.24. The molecule has 1 saturated carbocycles. The quantitative estimate of drug-likeness (QED) is 0.684. The number of rotatable bonds is 4. The molecule has 1 aliphatic carbocycles. The van der Waals surface area contributed by atoms with Crippen molar-refractivity contribution < 1.29 is 9.66 Å². The number of nitrogens with one attached hydrogen (secondary N) is 1. The van der Waals surface area contributed by atoms with Crippen LogP contribution >= 0.6 is 15.9 Å². The van der Waals surface area contributed by atoms with Crippen LogP contribution in [0.3, 0.4) is 0 Å². The Bertz CT molecular complexity index is 472. The monoisotopic (exact) mass is 300 g/mol. The molecule has 0 bridgehead atoms. The third kappa shape index (κ3) is 2.09. The van der Waals surface area contributed by atoms with E-state index in [0.717, 1.165) is 18.4 Å². The summed E-state index contributed by atoms with van der Waals surface area (Å²) in [6, 6.07) is 1.84. The lowest BCUT2D eigenvalue weighted by Gasteiger charge is -2.12. The highest BCUT2D eigenvalue weighted by atomic mass is 79.9. The van der Waals surface area contributed by atoms with Crippen molar-refractivity contribution in [1.82, 2.24) is 0 Å². The van der Waals surface area contributed by atoms with Gasteiger partial charge in [0.2, 0.25) is 5.75 Å². The van der Waals surface area contributed by atoms with Crippen LogP contribution in [-0.4, -0.2) is 19.1 Å². The molecule has 1 fully saturated rings. The second kappa shape index (κ2) is 4.52. The molecule has 0 unspecified atom stereocenters. The van der Waals surface area contributed by atoms with Gasteiger partial charge in [0, 0.05) is 7.05 Å². The van der Waals surface area contributed by atoms with Crippen molar-refractivity contribution in [3.05, 3.63) is 26.2 Å². The molecule has 17 heavy (non-hydrogen) atoms. The zero-order chi connectivity index (χ0) is 12.6. The van der Waals surface area contributed by atoms with Crippen molar-refractivity contribution in [2.45, 2.75) is 18.8 Å². The first-order valence-electron chi connectivity index (χ1n) is 5.32. The Hall–Kier alpha value is -1.30. The lowest BCUT2D eigenvalue weighted by Crippen LogP contribution is -2.02. The number of nitro benzene ring substituents is 1. The average Bonchev–Trinajstić information content (AvgIpc) is 3.12. The molecule has 1 aromatic carbocycles. The zero-order valence-corrected chi connectivity index (χ0v) is 11.2. The smallest absolute Gasteiger partial charge is 0.334 e. The minimum atomic E-state index is -0.424. The summed E-state index contributed by atoms with van der Waals surface area (Å²) in [5.41, 5.74) is 1.56. The summed E-state index contributed by atoms with van der Waals surface area (Å²) in [7, 11) is 3.12. The Balaban J connectivity index is 2.65. The lowest BCUT2D eigenvalue weighted by molar-refractivity contribution is -0.384. The first kappa shape index (κ1) is 12.2. The van der Waals surface area contributed by atoms with Crippen LogP contribution in [0.2, 0.25) is 0 Å². The van der Waals surface area contributed by atoms with Gasteiger partial charge in [0.05, 0.1) is 16.5 Å². The minimum Gasteiger partial charge on any atom is -0.489 e. The molecule has 0 aliphatic heterocycles. The van der Waals surface area contributed by atoms with Gasteiger partial charge in [0.1, 0.15) is 5.69 Å². The highest BCUT2D eigenvalue weighted by Gasteiger charge is 2.32. The van der Waals surface area contributed by atoms with E-state index in [1.165, 1.54) is 7.11 Å². The van der Waals surface area contributed by atoms with Gasteiger partial charge in [-0.1, -0.05) is 0 Å². The molecule has 0 saturated heterocycles. The minimum absolute atomic E-state index is 0.0220. The Labute approximate surface area is 107 Å². The molecule has 0 atom stereocenters. The molecule has 5 nitrogen and oxygen atoms in total. The van der Waals surface area contributed by atoms with Crippen LogP contribution in [-0.2, 0) is 0 Å². The highest BCUT2D eigenvalue weighted by molar-refractivity contribution is 9.10. The molecule has 0 spiro atoms. The van der Waals surface area contributed by atoms with Crippen molar-refractivity contribution >= 4 is 27.3 Å². The Morgan fingerprint density at radius 2 is 2.24 bits per heavy atom. The predicted molar refractivity (Wildman–Crippen MR) is 68.9 cm³/mol. The third-order valence-corrected chi connectivity index (χ3v) is 3.71. The van der Waals surface area contributed by atoms with Crippen molar-refractivity contribution in [2.75, 3.05) is 19.5 Å². The van der Waals surface area contributed by atoms with Gasteiger partial charge in [-0.05, 0) is 46.3 Å². The SMILES string of the molecule is CNc1cc(C2CC2)c(Br)c(OC)c1[N+](=O)[O-]. The summed E-state index contributed by atoms with van der Waals surface area (Å²) in [5, 5.41) is 13.9. The van der Waals surface area contributed by atoms with Gasteiger partial charge in [0.15, 0.2) is 0 Å². The average molecular weight is 301 g/mol. The molecular formula is C11H13BrN2O3. The standard InChI is InChI=1S/C11H13BrN2O3/c1-13-8-5-7(6-3-4-6)9(12)11(17-2)10(8)14(15)16/h5-6,13H,3-4H2,1-2H3. The number of anilines is 1. The van der Waals surface area contributed by atoms with Gasteiger partial charge in [-0.2, -0.15) is 0 Å². The maximum Gasteiger partial charge on any atom is 0.334 e. The molecule has 0 amide bonds. The summed E-state index contributed by atoms with van der Waals surface area (Å²) in [6.45, 7) is 0. The van der Waals surface area contributed by atoms with E-state index < -0.39 is 4.92 Å². The molecule has 2 rings (SSSR count). The lowest BCUT2D eigenvalue weighted by atomic mass is 10.1. The summed E-state index contributed by atoms with van der Waals surface area (Å²) in [5.74, 6) is 0.787. The van der Waals surface area contributed by atoms with E-state index in [1.54, 1.807) is 7.05 Å². The van der Waals surface area contributed by atoms with Crippen LogP contribution in [0.5, 0.6) is 5.75 Å². The second-order valence-corrected chi connectivity index (χ2v) is 4.78. The van der Waals surface area contributed by atoms with Crippen LogP contribution in [0, 0.1) is 10.1 Å². The summed E-state index contributed by atoms with van der Waals surface area (Å²) >= 11 is 3.41. The van der Waals surface area contributed by atoms with Gasteiger partial charge < -0.3 is 10.1 Å². The fraction of sp³-hybridized carbons (Fsp3) is 0.455. The Morgan fingerprint density at radius 3 is 2.65 bits per heavy atom. The molecule has 0 heterocycles. The fourth-order valence-corrected chi connectivity index (χ4v) is 2.68. The summed E-state index contributed by atoms with van der Waals surface area (Å²) in [6.07, 6.45) is 2.26. The number of nitro groups is 1. The largest absolute Gasteiger partial charge is 0.489 e. The van der Waals surface area contributed by atoms with Gasteiger partial charge in [-0.15, -0.1) is 0 Å². The Morgan fingerprint density at radius 1 is 1.59 bits per heavy atom. The van der Waals surface area contributed by atoms with Crippen LogP contribution < -0.4 is 10.1 Å². The van der Waals surface area contributed by atoms with E-state index in [2.05, 4.69) is 21.2 Å². The fourth-order valence-electron chi connectivity index (χ4n) is 1.89. The van der Waals surface area contributed by atoms with Crippen molar-refractivity contribution in [3.63, 3.8) is 0 Å². The molecule has 1 aliphatic rings. The molecular weight excluding hydrogens is 288 g/mol. The molecule has 1 aromatic rings. The molecule has 6 heteroatoms. The van der Waals surface area contributed by atoms with Crippen molar-refractivity contribution in [2.24, 2.45) is 0 Å². The van der Waals surface area contributed by atoms with Crippen LogP contribution in [0.25, 0.3) is 0 Å². The third-order valence-electron chi connectivity index (χ3n) is 2.90. The number of hydrogen-bond donors (Lipinski definition) is 1. The van der Waals surface area contributed by atoms with Crippen molar-refractivity contribution in [1.29, 1.82) is 0 Å². The first-order valence-corrected chi connectivity index (χ1v) is 6.12. The van der Waals surface area contributed by atoms with Crippen LogP contribution in [0.1, 0.15) is 24.3 Å². The van der Waals surface area contributed by atoms with Gasteiger partial charge in [-0.25, -0.2) is 0 Å². The van der Waals surface area contributed by atoms with E-state index in [4.69, 9.17) is 4.74 Å². The van der Waals surface area contributed by atoms with Crippen molar-refractivity contribution in [3.8, 4) is 5.75 Å². The van der Waals surface area contributed by atoms with E-state index >= 15 is 0 Å². The highest BCUT2D eigenvalue weighted by Crippen LogP contribution is 2.51. The van der Waals surface area contributed by atoms with Crippen LogP contribution in [0.4, 0.5) is 11.4 Å². The summed E-state index contributed by atoms with van der Waals surface area (Å²) in [4.78, 5) is 10.6. The number of nitrogens with zero attached hydrogens (tertiary/aromatic N) is 1. The summed E-state index contributed by atoms with van der Waals surface area (Å²) < 4.78 is 5.87. The number of methoxy groups -OCH3 is 1. The van der Waals surface area contributed by atoms with Gasteiger partial charge in [-0.3, -0.25) is 10.1 Å². The van der Waals surface area contributed by atoms with E-state index in [-0.39, 0.29) is 5.69 Å². The molecule has 92 valence electrons. The van der Waals surface area contributed by atoms with E-state index in [0.29, 0.717) is 21.8 Å². The zero-order valence-electron chi connectivity index (χ0n) is 9.62. The molecule has 0 radical (unpaired) electrons. The first-order chi connectivity index (χ1) is 8.10. The number of ether oxygens (including phenoxy) is 1. The number of halogens is 1. The second-order valence-electron chi connectivity index (χ2n) is 3.99. The van der Waals surface area contributed by atoms with E-state index in [9.17, 15) is 10.1 Å². The number of benzene rings is 1. The number of hydrogen-bond acceptors (Lipinski definition) is 4. The van der Waals surface area contributed by atoms with Gasteiger partial charge in [0.25, 0.3) is 0 Å². The topological polar surface area (TPSA) is 64.4 Å².